The standard InChI is InChI=1S/C17H19O2PS2/c18-16(17-21-11-12-22-17)13-20(19,14-7-3-1-4-8-14)15-9-5-2-6-10-15/h1-10,16-18H,11-13H2/t16-/m1/s1. The van der Waals surface area contributed by atoms with Crippen molar-refractivity contribution in [2.24, 2.45) is 0 Å². The van der Waals surface area contributed by atoms with Gasteiger partial charge in [0, 0.05) is 28.3 Å². The monoisotopic (exact) mass is 350 g/mol. The van der Waals surface area contributed by atoms with Crippen LogP contribution in [0.2, 0.25) is 0 Å². The fraction of sp³-hybridized carbons (Fsp3) is 0.294. The number of thioether (sulfide) groups is 2. The molecule has 22 heavy (non-hydrogen) atoms. The highest BCUT2D eigenvalue weighted by Gasteiger charge is 2.34. The van der Waals surface area contributed by atoms with Gasteiger partial charge in [0.05, 0.1) is 10.7 Å². The molecular weight excluding hydrogens is 331 g/mol. The highest BCUT2D eigenvalue weighted by atomic mass is 32.2. The molecule has 1 atom stereocenters. The molecule has 1 fully saturated rings. The first-order valence-electron chi connectivity index (χ1n) is 7.32. The molecule has 1 N–H and O–H groups in total. The maximum atomic E-state index is 13.8. The van der Waals surface area contributed by atoms with Crippen LogP contribution in [0.25, 0.3) is 0 Å². The largest absolute Gasteiger partial charge is 0.391 e. The van der Waals surface area contributed by atoms with E-state index in [9.17, 15) is 9.67 Å². The molecule has 2 aromatic carbocycles. The number of hydrogen-bond donors (Lipinski definition) is 1. The third-order valence-electron chi connectivity index (χ3n) is 3.75. The lowest BCUT2D eigenvalue weighted by Crippen LogP contribution is -2.29. The highest BCUT2D eigenvalue weighted by molar-refractivity contribution is 8.20. The Morgan fingerprint density at radius 1 is 0.955 bits per heavy atom. The van der Waals surface area contributed by atoms with Crippen LogP contribution < -0.4 is 10.6 Å². The van der Waals surface area contributed by atoms with E-state index in [0.717, 1.165) is 22.1 Å². The lowest BCUT2D eigenvalue weighted by molar-refractivity contribution is 0.215. The Bertz CT molecular complexity index is 599. The van der Waals surface area contributed by atoms with Crippen LogP contribution in [0.3, 0.4) is 0 Å². The molecule has 2 nitrogen and oxygen atoms in total. The first-order valence-corrected chi connectivity index (χ1v) is 11.3. The fourth-order valence-corrected chi connectivity index (χ4v) is 8.53. The van der Waals surface area contributed by atoms with Gasteiger partial charge in [-0.05, 0) is 0 Å². The molecule has 0 unspecified atom stereocenters. The van der Waals surface area contributed by atoms with Crippen LogP contribution >= 0.6 is 30.7 Å². The average Bonchev–Trinajstić information content (AvgIpc) is 3.11. The van der Waals surface area contributed by atoms with Crippen LogP contribution in [0.1, 0.15) is 0 Å². The fourth-order valence-electron chi connectivity index (χ4n) is 2.65. The number of rotatable bonds is 5. The molecule has 0 spiro atoms. The van der Waals surface area contributed by atoms with Gasteiger partial charge in [-0.25, -0.2) is 0 Å². The predicted octanol–water partition coefficient (Wildman–Crippen LogP) is 3.17. The Labute approximate surface area is 140 Å². The van der Waals surface area contributed by atoms with E-state index in [4.69, 9.17) is 0 Å². The Morgan fingerprint density at radius 2 is 1.41 bits per heavy atom. The van der Waals surface area contributed by atoms with Crippen LogP contribution in [-0.4, -0.2) is 33.5 Å². The van der Waals surface area contributed by atoms with Crippen molar-refractivity contribution in [1.29, 1.82) is 0 Å². The smallest absolute Gasteiger partial charge is 0.145 e. The zero-order chi connectivity index (χ0) is 15.4. The van der Waals surface area contributed by atoms with Gasteiger partial charge in [0.2, 0.25) is 0 Å². The summed E-state index contributed by atoms with van der Waals surface area (Å²) in [7, 11) is -2.81. The summed E-state index contributed by atoms with van der Waals surface area (Å²) in [6, 6.07) is 19.2. The summed E-state index contributed by atoms with van der Waals surface area (Å²) >= 11 is 3.55. The Kier molecular flexibility index (Phi) is 5.35. The number of hydrogen-bond acceptors (Lipinski definition) is 4. The quantitative estimate of drug-likeness (QED) is 0.841. The summed E-state index contributed by atoms with van der Waals surface area (Å²) in [6.45, 7) is 0. The molecular formula is C17H19O2PS2. The normalized spacial score (nSPS) is 17.5. The van der Waals surface area contributed by atoms with Crippen molar-refractivity contribution in [1.82, 2.24) is 0 Å². The molecule has 3 rings (SSSR count). The highest BCUT2D eigenvalue weighted by Crippen LogP contribution is 2.47. The zero-order valence-corrected chi connectivity index (χ0v) is 14.7. The molecule has 2 aromatic rings. The van der Waals surface area contributed by atoms with Gasteiger partial charge >= 0.3 is 0 Å². The van der Waals surface area contributed by atoms with Gasteiger partial charge in [-0.2, -0.15) is 0 Å². The van der Waals surface area contributed by atoms with Crippen molar-refractivity contribution in [2.45, 2.75) is 10.7 Å². The third kappa shape index (κ3) is 3.46. The Balaban J connectivity index is 1.95. The third-order valence-corrected chi connectivity index (χ3v) is 10.1. The van der Waals surface area contributed by atoms with Gasteiger partial charge in [0.25, 0.3) is 0 Å². The number of benzene rings is 2. The van der Waals surface area contributed by atoms with Crippen LogP contribution in [0.5, 0.6) is 0 Å². The second-order valence-corrected chi connectivity index (χ2v) is 10.9. The van der Waals surface area contributed by atoms with Crippen molar-refractivity contribution in [2.75, 3.05) is 17.7 Å². The molecule has 1 saturated heterocycles. The Morgan fingerprint density at radius 3 is 1.86 bits per heavy atom. The second kappa shape index (κ2) is 7.27. The van der Waals surface area contributed by atoms with Crippen molar-refractivity contribution >= 4 is 41.3 Å². The number of aliphatic hydroxyl groups excluding tert-OH is 1. The average molecular weight is 350 g/mol. The van der Waals surface area contributed by atoms with E-state index < -0.39 is 13.2 Å². The van der Waals surface area contributed by atoms with Crippen LogP contribution in [0.4, 0.5) is 0 Å². The maximum absolute atomic E-state index is 13.8. The minimum absolute atomic E-state index is 0.140. The molecule has 0 bridgehead atoms. The minimum Gasteiger partial charge on any atom is -0.391 e. The van der Waals surface area contributed by atoms with E-state index in [1.54, 1.807) is 23.5 Å². The van der Waals surface area contributed by atoms with Crippen LogP contribution in [0.15, 0.2) is 60.7 Å². The maximum Gasteiger partial charge on any atom is 0.145 e. The lowest BCUT2D eigenvalue weighted by Gasteiger charge is -2.24. The minimum atomic E-state index is -2.81. The van der Waals surface area contributed by atoms with Crippen molar-refractivity contribution in [3.05, 3.63) is 60.7 Å². The molecule has 1 aliphatic heterocycles. The van der Waals surface area contributed by atoms with Gasteiger partial charge in [0.1, 0.15) is 7.14 Å². The molecule has 116 valence electrons. The molecule has 0 radical (unpaired) electrons. The van der Waals surface area contributed by atoms with E-state index >= 15 is 0 Å². The van der Waals surface area contributed by atoms with E-state index in [1.807, 2.05) is 60.7 Å². The van der Waals surface area contributed by atoms with E-state index in [0.29, 0.717) is 6.16 Å². The van der Waals surface area contributed by atoms with Gasteiger partial charge in [0.15, 0.2) is 0 Å². The molecule has 5 heteroatoms. The topological polar surface area (TPSA) is 37.3 Å². The van der Waals surface area contributed by atoms with Gasteiger partial charge < -0.3 is 9.67 Å². The van der Waals surface area contributed by atoms with E-state index in [2.05, 4.69) is 0 Å². The summed E-state index contributed by atoms with van der Waals surface area (Å²) < 4.78 is 13.9. The summed E-state index contributed by atoms with van der Waals surface area (Å²) in [5, 5.41) is 12.2. The molecule has 0 saturated carbocycles. The van der Waals surface area contributed by atoms with Gasteiger partial charge in [-0.15, -0.1) is 23.5 Å². The molecule has 0 amide bonds. The van der Waals surface area contributed by atoms with Crippen molar-refractivity contribution < 1.29 is 9.67 Å². The Hall–Kier alpha value is -0.670. The lowest BCUT2D eigenvalue weighted by atomic mass is 10.4. The zero-order valence-electron chi connectivity index (χ0n) is 12.2. The predicted molar refractivity (Wildman–Crippen MR) is 99.3 cm³/mol. The summed E-state index contributed by atoms with van der Waals surface area (Å²) in [5.41, 5.74) is 0. The number of aliphatic hydroxyl groups is 1. The summed E-state index contributed by atoms with van der Waals surface area (Å²) in [4.78, 5) is 0. The molecule has 1 heterocycles. The van der Waals surface area contributed by atoms with Gasteiger partial charge in [-0.1, -0.05) is 60.7 Å². The van der Waals surface area contributed by atoms with Crippen molar-refractivity contribution in [3.63, 3.8) is 0 Å². The van der Waals surface area contributed by atoms with E-state index in [1.165, 1.54) is 0 Å². The molecule has 0 aromatic heterocycles. The first kappa shape index (κ1) is 16.2. The molecule has 0 aliphatic carbocycles. The van der Waals surface area contributed by atoms with E-state index in [-0.39, 0.29) is 4.58 Å². The van der Waals surface area contributed by atoms with Crippen LogP contribution in [-0.2, 0) is 4.57 Å². The summed E-state index contributed by atoms with van der Waals surface area (Å²) in [6.07, 6.45) is -0.241. The molecule has 1 aliphatic rings. The van der Waals surface area contributed by atoms with Gasteiger partial charge in [-0.3, -0.25) is 0 Å². The second-order valence-electron chi connectivity index (χ2n) is 5.27. The first-order chi connectivity index (χ1) is 10.7. The SMILES string of the molecule is O=P(C[C@@H](O)C1SCCS1)(c1ccccc1)c1ccccc1. The van der Waals surface area contributed by atoms with Crippen molar-refractivity contribution in [3.8, 4) is 0 Å². The summed E-state index contributed by atoms with van der Waals surface area (Å²) in [5.74, 6) is 2.13. The van der Waals surface area contributed by atoms with Crippen LogP contribution in [0, 0.1) is 0 Å².